The Labute approximate surface area is 561 Å². The third kappa shape index (κ3) is 8.32. The molecule has 5 heteroatoms. The molecule has 20 rings (SSSR count). The van der Waals surface area contributed by atoms with Crippen molar-refractivity contribution in [1.82, 2.24) is 4.57 Å². The molecule has 97 heavy (non-hydrogen) atoms. The highest BCUT2D eigenvalue weighted by Gasteiger charge is 2.47. The summed E-state index contributed by atoms with van der Waals surface area (Å²) in [7, 11) is 0. The van der Waals surface area contributed by atoms with Crippen LogP contribution in [0.2, 0.25) is 0 Å². The van der Waals surface area contributed by atoms with Crippen LogP contribution >= 0.6 is 0 Å². The summed E-state index contributed by atoms with van der Waals surface area (Å²) in [6, 6.07) is 133. The van der Waals surface area contributed by atoms with Gasteiger partial charge in [-0.3, -0.25) is 0 Å². The van der Waals surface area contributed by atoms with E-state index in [4.69, 9.17) is 8.83 Å². The number of para-hydroxylation sites is 5. The molecule has 0 N–H and O–H groups in total. The average molecular weight is 1240 g/mol. The summed E-state index contributed by atoms with van der Waals surface area (Å²) in [5.41, 5.74) is 24.2. The molecule has 18 aromatic rings. The molecule has 2 aliphatic carbocycles. The van der Waals surface area contributed by atoms with Crippen LogP contribution in [0.15, 0.2) is 379 Å². The summed E-state index contributed by atoms with van der Waals surface area (Å²) in [6.07, 6.45) is 0. The van der Waals surface area contributed by atoms with Crippen LogP contribution in [0.1, 0.15) is 44.5 Å². The van der Waals surface area contributed by atoms with Gasteiger partial charge in [0.2, 0.25) is 0 Å². The Morgan fingerprint density at radius 3 is 1.12 bits per heavy atom. The van der Waals surface area contributed by atoms with E-state index in [0.717, 1.165) is 78.5 Å². The Bertz CT molecular complexity index is 5820. The maximum absolute atomic E-state index is 7.62. The summed E-state index contributed by atoms with van der Waals surface area (Å²) < 4.78 is 16.6. The molecule has 0 fully saturated rings. The van der Waals surface area contributed by atoms with Crippen molar-refractivity contribution in [2.24, 2.45) is 0 Å². The van der Waals surface area contributed by atoms with E-state index >= 15 is 0 Å². The van der Waals surface area contributed by atoms with Crippen molar-refractivity contribution in [3.63, 3.8) is 0 Å². The molecule has 456 valence electrons. The fourth-order valence-electron chi connectivity index (χ4n) is 16.6. The van der Waals surface area contributed by atoms with Gasteiger partial charge in [-0.15, -0.1) is 0 Å². The number of benzene rings is 15. The van der Waals surface area contributed by atoms with E-state index in [-0.39, 0.29) is 0 Å². The van der Waals surface area contributed by atoms with Crippen molar-refractivity contribution < 1.29 is 8.83 Å². The van der Waals surface area contributed by atoms with Crippen LogP contribution in [0.25, 0.3) is 82.5 Å². The van der Waals surface area contributed by atoms with Crippen molar-refractivity contribution in [3.05, 3.63) is 415 Å². The monoisotopic (exact) mass is 1240 g/mol. The van der Waals surface area contributed by atoms with Gasteiger partial charge in [0.25, 0.3) is 0 Å². The maximum atomic E-state index is 7.62. The number of hydrogen-bond donors (Lipinski definition) is 0. The third-order valence-corrected chi connectivity index (χ3v) is 20.4. The number of fused-ring (bicyclic) bond motifs is 2. The summed E-state index contributed by atoms with van der Waals surface area (Å²) in [5.74, 6) is 0. The predicted molar refractivity (Wildman–Crippen MR) is 400 cm³/mol. The number of aromatic nitrogens is 1. The number of furan rings is 2. The lowest BCUT2D eigenvalue weighted by Crippen LogP contribution is -2.31. The molecule has 0 aliphatic heterocycles. The SMILES string of the molecule is c1ccc(-n2c3cccc4c3c3c5c(ccc32)oc2cccc(c25)C4(c2ccccc2)c2ccccc2)cc1.c1ccc(N(c2ccccc2)c2ccc3c4c2oc2c(N(c5ccccc5)c5ccccc5)ccc(c24)C(c2ccccc2)(c2ccccc2)c2ccccc2-3)cc1. The summed E-state index contributed by atoms with van der Waals surface area (Å²) >= 11 is 0. The molecule has 0 radical (unpaired) electrons. The number of rotatable bonds is 11. The zero-order chi connectivity index (χ0) is 64.0. The molecule has 15 aromatic carbocycles. The van der Waals surface area contributed by atoms with Gasteiger partial charge in [-0.25, -0.2) is 0 Å². The van der Waals surface area contributed by atoms with Crippen LogP contribution in [-0.4, -0.2) is 4.57 Å². The zero-order valence-electron chi connectivity index (χ0n) is 52.9. The second kappa shape index (κ2) is 22.5. The highest BCUT2D eigenvalue weighted by atomic mass is 16.3. The molecule has 2 aliphatic rings. The molecular weight excluding hydrogens is 1180 g/mol. The molecule has 3 heterocycles. The fraction of sp³-hybridized carbons (Fsp3) is 0.0217. The topological polar surface area (TPSA) is 37.7 Å². The smallest absolute Gasteiger partial charge is 0.160 e. The normalized spacial score (nSPS) is 13.1. The van der Waals surface area contributed by atoms with Crippen molar-refractivity contribution in [3.8, 4) is 16.8 Å². The first kappa shape index (κ1) is 55.9. The molecule has 5 nitrogen and oxygen atoms in total. The Balaban J connectivity index is 0.000000147. The zero-order valence-corrected chi connectivity index (χ0v) is 52.9. The van der Waals surface area contributed by atoms with E-state index in [9.17, 15) is 0 Å². The minimum absolute atomic E-state index is 0.535. The molecular formula is C92H61N3O2. The molecule has 0 saturated carbocycles. The molecule has 0 spiro atoms. The standard InChI is InChI=1S/C55H38N2O.C37H23NO/c1-7-21-39(22-8-1)55(40-23-9-2-10-24-40)47-34-20-19-33-45(47)46-35-37-49(56(41-25-11-3-12-26-41)42-27-13-4-14-28-42)53-51(46)52-48(55)36-38-50(54(52)58-53)57(43-29-15-5-16-30-43)44-31-17-6-18-32-44;1-4-12-24(13-5-1)37(25-14-6-2-7-15-25)27-18-10-20-29-33(27)35-30(38(29)26-16-8-3-9-17-26)22-23-32-36(35)34-28(37)19-11-21-31(34)39-32/h1-38H;1-23H. The van der Waals surface area contributed by atoms with E-state index in [0.29, 0.717) is 0 Å². The highest BCUT2D eigenvalue weighted by molar-refractivity contribution is 6.30. The molecule has 0 bridgehead atoms. The first-order chi connectivity index (χ1) is 48.2. The quantitative estimate of drug-likeness (QED) is 0.129. The maximum Gasteiger partial charge on any atom is 0.160 e. The molecule has 0 amide bonds. The minimum atomic E-state index is -0.686. The lowest BCUT2D eigenvalue weighted by Gasteiger charge is -2.38. The van der Waals surface area contributed by atoms with Gasteiger partial charge in [0.1, 0.15) is 11.2 Å². The van der Waals surface area contributed by atoms with Crippen LogP contribution in [0.4, 0.5) is 34.1 Å². The molecule has 0 atom stereocenters. The van der Waals surface area contributed by atoms with Gasteiger partial charge in [-0.1, -0.05) is 273 Å². The third-order valence-electron chi connectivity index (χ3n) is 20.4. The van der Waals surface area contributed by atoms with Gasteiger partial charge in [-0.05, 0) is 153 Å². The van der Waals surface area contributed by atoms with E-state index in [1.165, 1.54) is 82.6 Å². The highest BCUT2D eigenvalue weighted by Crippen LogP contribution is 2.60. The van der Waals surface area contributed by atoms with E-state index in [1.54, 1.807) is 0 Å². The Hall–Kier alpha value is -12.7. The summed E-state index contributed by atoms with van der Waals surface area (Å²) in [5, 5.41) is 7.17. The lowest BCUT2D eigenvalue weighted by atomic mass is 9.63. The predicted octanol–water partition coefficient (Wildman–Crippen LogP) is 24.3. The van der Waals surface area contributed by atoms with Gasteiger partial charge in [0, 0.05) is 60.8 Å². The second-order valence-corrected chi connectivity index (χ2v) is 25.3. The van der Waals surface area contributed by atoms with Crippen LogP contribution in [-0.2, 0) is 10.8 Å². The Kier molecular flexibility index (Phi) is 13.0. The average Bonchev–Trinajstić information content (AvgIpc) is 1.76. The van der Waals surface area contributed by atoms with Gasteiger partial charge in [0.15, 0.2) is 11.2 Å². The van der Waals surface area contributed by atoms with E-state index in [1.807, 2.05) is 0 Å². The Morgan fingerprint density at radius 2 is 0.608 bits per heavy atom. The van der Waals surface area contributed by atoms with Crippen molar-refractivity contribution in [2.75, 3.05) is 9.80 Å². The minimum Gasteiger partial charge on any atom is -0.456 e. The largest absolute Gasteiger partial charge is 0.456 e. The van der Waals surface area contributed by atoms with E-state index in [2.05, 4.69) is 384 Å². The lowest BCUT2D eigenvalue weighted by molar-refractivity contribution is 0.667. The van der Waals surface area contributed by atoms with Crippen LogP contribution in [0.3, 0.4) is 0 Å². The van der Waals surface area contributed by atoms with Gasteiger partial charge in [0.05, 0.1) is 33.2 Å². The van der Waals surface area contributed by atoms with E-state index < -0.39 is 10.8 Å². The van der Waals surface area contributed by atoms with Crippen LogP contribution in [0, 0.1) is 0 Å². The molecule has 0 saturated heterocycles. The molecule has 0 unspecified atom stereocenters. The van der Waals surface area contributed by atoms with Crippen LogP contribution < -0.4 is 9.80 Å². The second-order valence-electron chi connectivity index (χ2n) is 25.3. The summed E-state index contributed by atoms with van der Waals surface area (Å²) in [6.45, 7) is 0. The van der Waals surface area contributed by atoms with Crippen molar-refractivity contribution in [1.29, 1.82) is 0 Å². The summed E-state index contributed by atoms with van der Waals surface area (Å²) in [4.78, 5) is 4.66. The number of nitrogens with zero attached hydrogens (tertiary/aromatic N) is 3. The van der Waals surface area contributed by atoms with Gasteiger partial charge < -0.3 is 23.2 Å². The Morgan fingerprint density at radius 1 is 0.227 bits per heavy atom. The number of anilines is 6. The van der Waals surface area contributed by atoms with Crippen molar-refractivity contribution >= 4 is 99.8 Å². The first-order valence-corrected chi connectivity index (χ1v) is 33.3. The molecule has 3 aromatic heterocycles. The first-order valence-electron chi connectivity index (χ1n) is 33.3. The van der Waals surface area contributed by atoms with Crippen LogP contribution in [0.5, 0.6) is 0 Å². The van der Waals surface area contributed by atoms with Crippen molar-refractivity contribution in [2.45, 2.75) is 10.8 Å². The fourth-order valence-corrected chi connectivity index (χ4v) is 16.6. The van der Waals surface area contributed by atoms with Gasteiger partial charge in [-0.2, -0.15) is 0 Å². The number of hydrogen-bond acceptors (Lipinski definition) is 4. The van der Waals surface area contributed by atoms with Gasteiger partial charge >= 0.3 is 0 Å².